The molecule has 1 aliphatic carbocycles. The SMILES string of the molecule is CC(C)(C(N)=O)N1CCN(CC[C@H]2CC2(Cl)Cl)CC1. The van der Waals surface area contributed by atoms with E-state index < -0.39 is 9.87 Å². The highest BCUT2D eigenvalue weighted by Gasteiger charge is 2.51. The number of nitrogens with two attached hydrogens (primary N) is 1. The fourth-order valence-corrected chi connectivity index (χ4v) is 3.20. The van der Waals surface area contributed by atoms with Gasteiger partial charge in [0.15, 0.2) is 0 Å². The van der Waals surface area contributed by atoms with Crippen molar-refractivity contribution in [2.45, 2.75) is 36.6 Å². The number of alkyl halides is 2. The second-order valence-corrected chi connectivity index (χ2v) is 7.75. The van der Waals surface area contributed by atoms with E-state index in [2.05, 4.69) is 9.80 Å². The summed E-state index contributed by atoms with van der Waals surface area (Å²) in [6.07, 6.45) is 1.98. The molecule has 1 saturated heterocycles. The Kier molecular flexibility index (Phi) is 4.36. The molecule has 110 valence electrons. The number of halogens is 2. The van der Waals surface area contributed by atoms with Crippen LogP contribution in [0.2, 0.25) is 0 Å². The molecule has 1 saturated carbocycles. The highest BCUT2D eigenvalue weighted by Crippen LogP contribution is 2.54. The minimum atomic E-state index is -0.552. The number of primary amides is 1. The standard InChI is InChI=1S/C13H23Cl2N3O/c1-12(2,11(16)19)18-7-5-17(6-8-18)4-3-10-9-13(10,14)15/h10H,3-9H2,1-2H3,(H2,16,19)/t10-/m0/s1. The Balaban J connectivity index is 1.72. The van der Waals surface area contributed by atoms with Crippen LogP contribution in [0.4, 0.5) is 0 Å². The van der Waals surface area contributed by atoms with E-state index >= 15 is 0 Å². The van der Waals surface area contributed by atoms with E-state index in [4.69, 9.17) is 28.9 Å². The average molecular weight is 308 g/mol. The van der Waals surface area contributed by atoms with Crippen molar-refractivity contribution in [3.63, 3.8) is 0 Å². The first-order chi connectivity index (χ1) is 8.73. The largest absolute Gasteiger partial charge is 0.368 e. The summed E-state index contributed by atoms with van der Waals surface area (Å²) in [5, 5.41) is 0. The van der Waals surface area contributed by atoms with Gasteiger partial charge in [0.1, 0.15) is 4.33 Å². The summed E-state index contributed by atoms with van der Waals surface area (Å²) in [7, 11) is 0. The van der Waals surface area contributed by atoms with Gasteiger partial charge >= 0.3 is 0 Å². The quantitative estimate of drug-likeness (QED) is 0.782. The Bertz CT molecular complexity index is 352. The van der Waals surface area contributed by atoms with Crippen molar-refractivity contribution in [1.29, 1.82) is 0 Å². The molecule has 2 N–H and O–H groups in total. The average Bonchev–Trinajstić information content (AvgIpc) is 2.95. The van der Waals surface area contributed by atoms with Crippen molar-refractivity contribution in [3.8, 4) is 0 Å². The van der Waals surface area contributed by atoms with Crippen LogP contribution in [0.5, 0.6) is 0 Å². The molecule has 0 spiro atoms. The summed E-state index contributed by atoms with van der Waals surface area (Å²) in [5.41, 5.74) is 4.90. The maximum Gasteiger partial charge on any atom is 0.237 e. The number of hydrogen-bond donors (Lipinski definition) is 1. The number of hydrogen-bond acceptors (Lipinski definition) is 3. The van der Waals surface area contributed by atoms with Crippen LogP contribution in [-0.4, -0.2) is 58.3 Å². The molecule has 0 unspecified atom stereocenters. The summed E-state index contributed by atoms with van der Waals surface area (Å²) in [4.78, 5) is 16.0. The number of carbonyl (C=O) groups excluding carboxylic acids is 1. The normalized spacial score (nSPS) is 28.3. The van der Waals surface area contributed by atoms with Crippen LogP contribution >= 0.6 is 23.2 Å². The molecule has 1 aliphatic heterocycles. The molecular weight excluding hydrogens is 285 g/mol. The van der Waals surface area contributed by atoms with Crippen molar-refractivity contribution in [2.75, 3.05) is 32.7 Å². The first kappa shape index (κ1) is 15.4. The third kappa shape index (κ3) is 3.54. The lowest BCUT2D eigenvalue weighted by Gasteiger charge is -2.42. The van der Waals surface area contributed by atoms with Gasteiger partial charge in [-0.1, -0.05) is 0 Å². The van der Waals surface area contributed by atoms with Gasteiger partial charge in [0.2, 0.25) is 5.91 Å². The van der Waals surface area contributed by atoms with Crippen molar-refractivity contribution < 1.29 is 4.79 Å². The van der Waals surface area contributed by atoms with Crippen LogP contribution < -0.4 is 5.73 Å². The monoisotopic (exact) mass is 307 g/mol. The zero-order valence-corrected chi connectivity index (χ0v) is 13.2. The lowest BCUT2D eigenvalue weighted by atomic mass is 10.0. The molecule has 4 nitrogen and oxygen atoms in total. The van der Waals surface area contributed by atoms with Crippen molar-refractivity contribution in [2.24, 2.45) is 11.7 Å². The van der Waals surface area contributed by atoms with E-state index in [1.165, 1.54) is 0 Å². The number of nitrogens with zero attached hydrogens (tertiary/aromatic N) is 2. The van der Waals surface area contributed by atoms with Gasteiger partial charge in [0, 0.05) is 26.2 Å². The summed E-state index contributed by atoms with van der Waals surface area (Å²) in [5.74, 6) is 0.198. The predicted molar refractivity (Wildman–Crippen MR) is 78.4 cm³/mol. The Labute approximate surface area is 125 Å². The molecule has 0 aromatic carbocycles. The maximum atomic E-state index is 11.4. The molecular formula is C13H23Cl2N3O. The summed E-state index contributed by atoms with van der Waals surface area (Å²) in [6.45, 7) is 8.54. The van der Waals surface area contributed by atoms with Crippen LogP contribution in [0.15, 0.2) is 0 Å². The topological polar surface area (TPSA) is 49.6 Å². The van der Waals surface area contributed by atoms with Crippen LogP contribution in [0.3, 0.4) is 0 Å². The van der Waals surface area contributed by atoms with Gasteiger partial charge in [-0.3, -0.25) is 9.69 Å². The molecule has 0 radical (unpaired) electrons. The molecule has 2 aliphatic rings. The fourth-order valence-electron chi connectivity index (χ4n) is 2.61. The molecule has 1 amide bonds. The molecule has 0 aromatic rings. The molecule has 2 rings (SSSR count). The Morgan fingerprint density at radius 2 is 1.84 bits per heavy atom. The first-order valence-corrected chi connectivity index (χ1v) is 7.64. The lowest BCUT2D eigenvalue weighted by molar-refractivity contribution is -0.129. The Morgan fingerprint density at radius 3 is 2.26 bits per heavy atom. The number of rotatable bonds is 5. The van der Waals surface area contributed by atoms with E-state index in [1.807, 2.05) is 13.8 Å². The molecule has 1 heterocycles. The van der Waals surface area contributed by atoms with E-state index in [0.717, 1.165) is 45.6 Å². The lowest BCUT2D eigenvalue weighted by Crippen LogP contribution is -2.59. The predicted octanol–water partition coefficient (Wildman–Crippen LogP) is 1.45. The van der Waals surface area contributed by atoms with Gasteiger partial charge in [0.05, 0.1) is 5.54 Å². The smallest absolute Gasteiger partial charge is 0.237 e. The van der Waals surface area contributed by atoms with E-state index in [-0.39, 0.29) is 5.91 Å². The fraction of sp³-hybridized carbons (Fsp3) is 0.923. The van der Waals surface area contributed by atoms with Crippen molar-refractivity contribution in [3.05, 3.63) is 0 Å². The van der Waals surface area contributed by atoms with E-state index in [1.54, 1.807) is 0 Å². The van der Waals surface area contributed by atoms with Crippen LogP contribution in [0.1, 0.15) is 26.7 Å². The van der Waals surface area contributed by atoms with Crippen molar-refractivity contribution >= 4 is 29.1 Å². The molecule has 2 fully saturated rings. The zero-order chi connectivity index (χ0) is 14.3. The summed E-state index contributed by atoms with van der Waals surface area (Å²) >= 11 is 12.1. The van der Waals surface area contributed by atoms with Gasteiger partial charge in [-0.05, 0) is 39.2 Å². The Morgan fingerprint density at radius 1 is 1.32 bits per heavy atom. The van der Waals surface area contributed by atoms with Gasteiger partial charge in [-0.25, -0.2) is 0 Å². The Hall–Kier alpha value is -0.0300. The number of carbonyl (C=O) groups is 1. The van der Waals surface area contributed by atoms with E-state index in [9.17, 15) is 4.79 Å². The molecule has 0 bridgehead atoms. The second-order valence-electron chi connectivity index (χ2n) is 6.20. The molecule has 1 atom stereocenters. The first-order valence-electron chi connectivity index (χ1n) is 6.88. The molecule has 0 aromatic heterocycles. The highest BCUT2D eigenvalue weighted by molar-refractivity contribution is 6.50. The second kappa shape index (κ2) is 5.40. The molecule has 6 heteroatoms. The third-order valence-corrected chi connectivity index (χ3v) is 5.44. The summed E-state index contributed by atoms with van der Waals surface area (Å²) < 4.78 is -0.463. The molecule has 19 heavy (non-hydrogen) atoms. The maximum absolute atomic E-state index is 11.4. The zero-order valence-electron chi connectivity index (χ0n) is 11.7. The third-order valence-electron chi connectivity index (χ3n) is 4.52. The summed E-state index contributed by atoms with van der Waals surface area (Å²) in [6, 6.07) is 0. The van der Waals surface area contributed by atoms with Crippen LogP contribution in [0, 0.1) is 5.92 Å². The van der Waals surface area contributed by atoms with Gasteiger partial charge in [0.25, 0.3) is 0 Å². The minimum absolute atomic E-state index is 0.256. The minimum Gasteiger partial charge on any atom is -0.368 e. The number of amides is 1. The van der Waals surface area contributed by atoms with Crippen LogP contribution in [-0.2, 0) is 4.79 Å². The van der Waals surface area contributed by atoms with E-state index in [0.29, 0.717) is 5.92 Å². The van der Waals surface area contributed by atoms with Crippen LogP contribution in [0.25, 0.3) is 0 Å². The van der Waals surface area contributed by atoms with Gasteiger partial charge < -0.3 is 10.6 Å². The van der Waals surface area contributed by atoms with Gasteiger partial charge in [-0.15, -0.1) is 23.2 Å². The number of piperazine rings is 1. The van der Waals surface area contributed by atoms with Gasteiger partial charge in [-0.2, -0.15) is 0 Å². The van der Waals surface area contributed by atoms with Crippen molar-refractivity contribution in [1.82, 2.24) is 9.80 Å². The highest BCUT2D eigenvalue weighted by atomic mass is 35.5.